The third kappa shape index (κ3) is 2.42. The highest BCUT2D eigenvalue weighted by molar-refractivity contribution is 5.95. The van der Waals surface area contributed by atoms with Crippen molar-refractivity contribution in [2.75, 3.05) is 25.5 Å². The zero-order valence-electron chi connectivity index (χ0n) is 12.5. The van der Waals surface area contributed by atoms with Gasteiger partial charge < -0.3 is 15.0 Å². The van der Waals surface area contributed by atoms with Gasteiger partial charge >= 0.3 is 0 Å². The van der Waals surface area contributed by atoms with E-state index < -0.39 is 0 Å². The highest BCUT2D eigenvalue weighted by atomic mass is 16.5. The van der Waals surface area contributed by atoms with Crippen molar-refractivity contribution in [3.05, 3.63) is 30.0 Å². The number of rotatable bonds is 3. The van der Waals surface area contributed by atoms with E-state index in [2.05, 4.69) is 16.4 Å². The molecule has 1 N–H and O–H groups in total. The van der Waals surface area contributed by atoms with Gasteiger partial charge in [0.05, 0.1) is 29.9 Å². The second kappa shape index (κ2) is 5.53. The lowest BCUT2D eigenvalue weighted by Gasteiger charge is -2.39. The zero-order valence-corrected chi connectivity index (χ0v) is 12.5. The van der Waals surface area contributed by atoms with Crippen LogP contribution in [0.2, 0.25) is 0 Å². The highest BCUT2D eigenvalue weighted by Crippen LogP contribution is 2.30. The number of carbonyl (C=O) groups is 1. The molecule has 0 bridgehead atoms. The molecule has 0 spiro atoms. The minimum absolute atomic E-state index is 0.0693. The average Bonchev–Trinajstić information content (AvgIpc) is 2.49. The van der Waals surface area contributed by atoms with E-state index >= 15 is 0 Å². The molecule has 1 aliphatic rings. The van der Waals surface area contributed by atoms with E-state index in [1.165, 1.54) is 0 Å². The Labute approximate surface area is 128 Å². The predicted octanol–water partition coefficient (Wildman–Crippen LogP) is 1.76. The summed E-state index contributed by atoms with van der Waals surface area (Å²) in [7, 11) is 1.60. The molecule has 1 aromatic heterocycles. The molecule has 3 rings (SSSR count). The molecule has 2 heterocycles. The van der Waals surface area contributed by atoms with Crippen LogP contribution in [0.25, 0.3) is 10.9 Å². The fraction of sp³-hybridized carbons (Fsp3) is 0.312. The summed E-state index contributed by atoms with van der Waals surface area (Å²) in [5.74, 6) is 0.784. The van der Waals surface area contributed by atoms with Crippen molar-refractivity contribution in [1.82, 2.24) is 9.88 Å². The summed E-state index contributed by atoms with van der Waals surface area (Å²) >= 11 is 0. The number of ether oxygens (including phenoxy) is 1. The molecule has 0 radical (unpaired) electrons. The lowest BCUT2D eigenvalue weighted by atomic mass is 10.1. The monoisotopic (exact) mass is 296 g/mol. The highest BCUT2D eigenvalue weighted by Gasteiger charge is 2.29. The molecule has 0 saturated carbocycles. The van der Waals surface area contributed by atoms with Crippen molar-refractivity contribution in [2.24, 2.45) is 0 Å². The number of hydrogen-bond donors (Lipinski definition) is 1. The van der Waals surface area contributed by atoms with E-state index in [1.807, 2.05) is 18.2 Å². The van der Waals surface area contributed by atoms with Crippen molar-refractivity contribution in [3.8, 4) is 11.8 Å². The van der Waals surface area contributed by atoms with Crippen LogP contribution in [0.3, 0.4) is 0 Å². The molecular formula is C16H16N4O2. The van der Waals surface area contributed by atoms with Crippen molar-refractivity contribution >= 4 is 22.5 Å². The van der Waals surface area contributed by atoms with Gasteiger partial charge in [0.2, 0.25) is 5.91 Å². The summed E-state index contributed by atoms with van der Waals surface area (Å²) in [4.78, 5) is 17.3. The number of nitrogens with zero attached hydrogens (tertiary/aromatic N) is 3. The second-order valence-corrected chi connectivity index (χ2v) is 5.31. The summed E-state index contributed by atoms with van der Waals surface area (Å²) in [6.07, 6.45) is 1.57. The third-order valence-corrected chi connectivity index (χ3v) is 3.87. The second-order valence-electron chi connectivity index (χ2n) is 5.31. The number of aromatic nitrogens is 1. The summed E-state index contributed by atoms with van der Waals surface area (Å²) in [5, 5.41) is 13.5. The van der Waals surface area contributed by atoms with Gasteiger partial charge in [0.1, 0.15) is 11.8 Å². The first-order valence-corrected chi connectivity index (χ1v) is 7.01. The molecule has 0 aliphatic carbocycles. The van der Waals surface area contributed by atoms with Gasteiger partial charge in [-0.15, -0.1) is 0 Å². The van der Waals surface area contributed by atoms with E-state index in [4.69, 9.17) is 4.74 Å². The van der Waals surface area contributed by atoms with Crippen LogP contribution >= 0.6 is 0 Å². The third-order valence-electron chi connectivity index (χ3n) is 3.87. The van der Waals surface area contributed by atoms with Gasteiger partial charge in [-0.1, -0.05) is 0 Å². The topological polar surface area (TPSA) is 78.2 Å². The van der Waals surface area contributed by atoms with Crippen LogP contribution in [0.4, 0.5) is 5.69 Å². The largest absolute Gasteiger partial charge is 0.497 e. The number of nitrogens with one attached hydrogen (secondary N) is 1. The van der Waals surface area contributed by atoms with Crippen LogP contribution in [0.15, 0.2) is 24.4 Å². The van der Waals surface area contributed by atoms with Gasteiger partial charge in [-0.25, -0.2) is 0 Å². The van der Waals surface area contributed by atoms with Crippen LogP contribution in [0, 0.1) is 11.3 Å². The first-order valence-electron chi connectivity index (χ1n) is 7.01. The first-order chi connectivity index (χ1) is 10.6. The van der Waals surface area contributed by atoms with Crippen molar-refractivity contribution in [2.45, 2.75) is 13.0 Å². The van der Waals surface area contributed by atoms with Crippen molar-refractivity contribution < 1.29 is 9.53 Å². The molecule has 1 saturated heterocycles. The Balaban J connectivity index is 1.96. The smallest absolute Gasteiger partial charge is 0.219 e. The molecular weight excluding hydrogens is 280 g/mol. The fourth-order valence-electron chi connectivity index (χ4n) is 2.57. The standard InChI is InChI=1S/C16H16N4O2/c1-10(21)20-8-12(9-20)19-16-11(6-17)7-18-15-4-3-13(22-2)5-14(15)16/h3-5,7,12H,8-9H2,1-2H3,(H,18,19). The Morgan fingerprint density at radius 2 is 2.27 bits per heavy atom. The SMILES string of the molecule is COc1ccc2ncc(C#N)c(NC3CN(C(C)=O)C3)c2c1. The van der Waals surface area contributed by atoms with Gasteiger partial charge in [0.25, 0.3) is 0 Å². The number of benzene rings is 1. The lowest BCUT2D eigenvalue weighted by Crippen LogP contribution is -2.56. The van der Waals surface area contributed by atoms with Crippen molar-refractivity contribution in [3.63, 3.8) is 0 Å². The molecule has 0 unspecified atom stereocenters. The fourth-order valence-corrected chi connectivity index (χ4v) is 2.57. The van der Waals surface area contributed by atoms with Gasteiger partial charge in [0.15, 0.2) is 0 Å². The molecule has 6 nitrogen and oxygen atoms in total. The summed E-state index contributed by atoms with van der Waals surface area (Å²) < 4.78 is 5.25. The van der Waals surface area contributed by atoms with E-state index in [0.29, 0.717) is 24.4 Å². The molecule has 1 aliphatic heterocycles. The molecule has 1 aromatic carbocycles. The molecule has 112 valence electrons. The molecule has 22 heavy (non-hydrogen) atoms. The number of carbonyl (C=O) groups excluding carboxylic acids is 1. The maximum absolute atomic E-state index is 11.3. The summed E-state index contributed by atoms with van der Waals surface area (Å²) in [6.45, 7) is 2.85. The average molecular weight is 296 g/mol. The number of fused-ring (bicyclic) bond motifs is 1. The van der Waals surface area contributed by atoms with Crippen LogP contribution < -0.4 is 10.1 Å². The molecule has 2 aromatic rings. The minimum atomic E-state index is 0.0693. The molecule has 1 fully saturated rings. The summed E-state index contributed by atoms with van der Waals surface area (Å²) in [6, 6.07) is 7.88. The predicted molar refractivity (Wildman–Crippen MR) is 82.7 cm³/mol. The molecule has 0 atom stereocenters. The van der Waals surface area contributed by atoms with Crippen LogP contribution in [0.1, 0.15) is 12.5 Å². The van der Waals surface area contributed by atoms with E-state index in [0.717, 1.165) is 16.6 Å². The number of amides is 1. The molecule has 6 heteroatoms. The quantitative estimate of drug-likeness (QED) is 0.933. The Hall–Kier alpha value is -2.81. The zero-order chi connectivity index (χ0) is 15.7. The van der Waals surface area contributed by atoms with E-state index in [-0.39, 0.29) is 11.9 Å². The number of anilines is 1. The number of nitriles is 1. The van der Waals surface area contributed by atoms with Gasteiger partial charge in [-0.3, -0.25) is 9.78 Å². The lowest BCUT2D eigenvalue weighted by molar-refractivity contribution is -0.132. The Bertz CT molecular complexity index is 776. The molecule has 1 amide bonds. The number of methoxy groups -OCH3 is 1. The van der Waals surface area contributed by atoms with Gasteiger partial charge in [-0.05, 0) is 18.2 Å². The maximum atomic E-state index is 11.3. The number of hydrogen-bond acceptors (Lipinski definition) is 5. The number of pyridine rings is 1. The normalized spacial score (nSPS) is 14.3. The minimum Gasteiger partial charge on any atom is -0.497 e. The number of likely N-dealkylation sites (tertiary alicyclic amines) is 1. The Morgan fingerprint density at radius 1 is 1.50 bits per heavy atom. The van der Waals surface area contributed by atoms with Gasteiger partial charge in [-0.2, -0.15) is 5.26 Å². The van der Waals surface area contributed by atoms with Crippen molar-refractivity contribution in [1.29, 1.82) is 5.26 Å². The van der Waals surface area contributed by atoms with Crippen LogP contribution in [-0.2, 0) is 4.79 Å². The van der Waals surface area contributed by atoms with E-state index in [9.17, 15) is 10.1 Å². The van der Waals surface area contributed by atoms with Crippen LogP contribution in [0.5, 0.6) is 5.75 Å². The Morgan fingerprint density at radius 3 is 2.91 bits per heavy atom. The maximum Gasteiger partial charge on any atom is 0.219 e. The van der Waals surface area contributed by atoms with E-state index in [1.54, 1.807) is 25.1 Å². The summed E-state index contributed by atoms with van der Waals surface area (Å²) in [5.41, 5.74) is 2.03. The van der Waals surface area contributed by atoms with Crippen LogP contribution in [-0.4, -0.2) is 42.0 Å². The van der Waals surface area contributed by atoms with Gasteiger partial charge in [0, 0.05) is 31.6 Å². The first kappa shape index (κ1) is 14.1. The Kier molecular flexibility index (Phi) is 3.55.